The maximum absolute atomic E-state index is 4.37. The van der Waals surface area contributed by atoms with Gasteiger partial charge in [0.2, 0.25) is 0 Å². The van der Waals surface area contributed by atoms with E-state index in [4.69, 9.17) is 0 Å². The lowest BCUT2D eigenvalue weighted by atomic mass is 10.3. The third kappa shape index (κ3) is 1.52. The van der Waals surface area contributed by atoms with Crippen LogP contribution in [0.15, 0.2) is 29.4 Å². The van der Waals surface area contributed by atoms with E-state index in [2.05, 4.69) is 47.9 Å². The van der Waals surface area contributed by atoms with Crippen LogP contribution in [-0.2, 0) is 0 Å². The van der Waals surface area contributed by atoms with Crippen LogP contribution in [0.25, 0.3) is 11.0 Å². The van der Waals surface area contributed by atoms with Gasteiger partial charge in [0.1, 0.15) is 0 Å². The number of nitrogens with zero attached hydrogens (tertiary/aromatic N) is 2. The van der Waals surface area contributed by atoms with Gasteiger partial charge < -0.3 is 4.57 Å². The Morgan fingerprint density at radius 3 is 2.79 bits per heavy atom. The average Bonchev–Trinajstić information content (AvgIpc) is 2.59. The van der Waals surface area contributed by atoms with Crippen molar-refractivity contribution >= 4 is 22.8 Å². The molecular weight excluding hydrogens is 192 g/mol. The first-order valence-electron chi connectivity index (χ1n) is 4.73. The number of rotatable bonds is 2. The van der Waals surface area contributed by atoms with Crippen LogP contribution in [0.1, 0.15) is 19.9 Å². The van der Waals surface area contributed by atoms with Crippen LogP contribution >= 0.6 is 11.8 Å². The lowest BCUT2D eigenvalue weighted by Gasteiger charge is -2.08. The van der Waals surface area contributed by atoms with Crippen molar-refractivity contribution in [2.45, 2.75) is 24.8 Å². The summed E-state index contributed by atoms with van der Waals surface area (Å²) in [5, 5.41) is 0. The maximum atomic E-state index is 4.37. The van der Waals surface area contributed by atoms with Gasteiger partial charge in [-0.25, -0.2) is 4.98 Å². The van der Waals surface area contributed by atoms with Crippen LogP contribution in [0.3, 0.4) is 0 Å². The Labute approximate surface area is 88.3 Å². The van der Waals surface area contributed by atoms with Gasteiger partial charge in [0, 0.05) is 10.9 Å². The number of benzene rings is 1. The number of hydrogen-bond donors (Lipinski definition) is 0. The molecule has 0 aliphatic carbocycles. The van der Waals surface area contributed by atoms with Crippen molar-refractivity contribution in [2.75, 3.05) is 6.26 Å². The van der Waals surface area contributed by atoms with Gasteiger partial charge in [-0.05, 0) is 38.3 Å². The Morgan fingerprint density at radius 1 is 1.36 bits per heavy atom. The summed E-state index contributed by atoms with van der Waals surface area (Å²) >= 11 is 1.77. The van der Waals surface area contributed by atoms with Crippen molar-refractivity contribution in [2.24, 2.45) is 0 Å². The van der Waals surface area contributed by atoms with E-state index in [1.165, 1.54) is 10.4 Å². The number of fused-ring (bicyclic) bond motifs is 1. The first-order chi connectivity index (χ1) is 6.72. The number of hydrogen-bond acceptors (Lipinski definition) is 2. The second kappa shape index (κ2) is 3.65. The average molecular weight is 206 g/mol. The second-order valence-corrected chi connectivity index (χ2v) is 4.48. The lowest BCUT2D eigenvalue weighted by Crippen LogP contribution is -1.97. The predicted octanol–water partition coefficient (Wildman–Crippen LogP) is 3.34. The summed E-state index contributed by atoms with van der Waals surface area (Å²) in [7, 11) is 0. The van der Waals surface area contributed by atoms with E-state index in [0.717, 1.165) is 5.52 Å². The second-order valence-electron chi connectivity index (χ2n) is 3.60. The molecule has 3 heteroatoms. The molecule has 1 aromatic carbocycles. The molecule has 0 spiro atoms. The molecule has 0 amide bonds. The van der Waals surface area contributed by atoms with Crippen LogP contribution < -0.4 is 0 Å². The fraction of sp³-hybridized carbons (Fsp3) is 0.364. The molecule has 2 rings (SSSR count). The summed E-state index contributed by atoms with van der Waals surface area (Å²) < 4.78 is 2.20. The standard InChI is InChI=1S/C11H14N2S/c1-8(2)13-7-12-10-5-4-9(14-3)6-11(10)13/h4-8H,1-3H3. The quantitative estimate of drug-likeness (QED) is 0.701. The number of imidazole rings is 1. The molecule has 0 radical (unpaired) electrons. The number of thioether (sulfide) groups is 1. The minimum absolute atomic E-state index is 0.470. The highest BCUT2D eigenvalue weighted by atomic mass is 32.2. The van der Waals surface area contributed by atoms with E-state index in [0.29, 0.717) is 6.04 Å². The van der Waals surface area contributed by atoms with E-state index >= 15 is 0 Å². The van der Waals surface area contributed by atoms with Crippen LogP contribution in [-0.4, -0.2) is 15.8 Å². The molecule has 0 atom stereocenters. The smallest absolute Gasteiger partial charge is 0.0960 e. The summed E-state index contributed by atoms with van der Waals surface area (Å²) in [6.45, 7) is 4.35. The van der Waals surface area contributed by atoms with E-state index in [1.54, 1.807) is 11.8 Å². The summed E-state index contributed by atoms with van der Waals surface area (Å²) in [6, 6.07) is 6.87. The summed E-state index contributed by atoms with van der Waals surface area (Å²) in [6.07, 6.45) is 4.01. The Morgan fingerprint density at radius 2 is 2.14 bits per heavy atom. The van der Waals surface area contributed by atoms with Crippen LogP contribution in [0, 0.1) is 0 Å². The van der Waals surface area contributed by atoms with Gasteiger partial charge in [0.05, 0.1) is 17.4 Å². The molecule has 1 heterocycles. The monoisotopic (exact) mass is 206 g/mol. The molecule has 14 heavy (non-hydrogen) atoms. The van der Waals surface area contributed by atoms with Gasteiger partial charge in [-0.1, -0.05) is 0 Å². The molecule has 0 aliphatic rings. The Kier molecular flexibility index (Phi) is 2.50. The first kappa shape index (κ1) is 9.59. The molecule has 74 valence electrons. The number of aromatic nitrogens is 2. The largest absolute Gasteiger partial charge is 0.328 e. The normalized spacial score (nSPS) is 11.4. The molecule has 0 aliphatic heterocycles. The molecule has 0 bridgehead atoms. The van der Waals surface area contributed by atoms with Crippen LogP contribution in [0.5, 0.6) is 0 Å². The highest BCUT2D eigenvalue weighted by molar-refractivity contribution is 7.98. The highest BCUT2D eigenvalue weighted by Crippen LogP contribution is 2.23. The maximum Gasteiger partial charge on any atom is 0.0960 e. The zero-order valence-corrected chi connectivity index (χ0v) is 9.51. The van der Waals surface area contributed by atoms with Crippen LogP contribution in [0.4, 0.5) is 0 Å². The lowest BCUT2D eigenvalue weighted by molar-refractivity contribution is 0.617. The SMILES string of the molecule is CSc1ccc2ncn(C(C)C)c2c1. The Bertz CT molecular complexity index is 445. The molecule has 0 saturated heterocycles. The molecule has 2 nitrogen and oxygen atoms in total. The molecule has 0 N–H and O–H groups in total. The van der Waals surface area contributed by atoms with E-state index in [9.17, 15) is 0 Å². The third-order valence-corrected chi connectivity index (χ3v) is 3.06. The van der Waals surface area contributed by atoms with Crippen molar-refractivity contribution in [3.63, 3.8) is 0 Å². The molecule has 1 aromatic heterocycles. The molecule has 2 aromatic rings. The predicted molar refractivity (Wildman–Crippen MR) is 61.9 cm³/mol. The zero-order chi connectivity index (χ0) is 10.1. The van der Waals surface area contributed by atoms with E-state index in [1.807, 2.05) is 6.33 Å². The van der Waals surface area contributed by atoms with Crippen molar-refractivity contribution in [1.29, 1.82) is 0 Å². The van der Waals surface area contributed by atoms with Gasteiger partial charge in [-0.2, -0.15) is 0 Å². The minimum Gasteiger partial charge on any atom is -0.328 e. The molecule has 0 fully saturated rings. The highest BCUT2D eigenvalue weighted by Gasteiger charge is 2.05. The Balaban J connectivity index is 2.63. The minimum atomic E-state index is 0.470. The topological polar surface area (TPSA) is 17.8 Å². The van der Waals surface area contributed by atoms with Gasteiger partial charge in [-0.15, -0.1) is 11.8 Å². The van der Waals surface area contributed by atoms with Crippen molar-refractivity contribution in [3.8, 4) is 0 Å². The van der Waals surface area contributed by atoms with Gasteiger partial charge in [-0.3, -0.25) is 0 Å². The zero-order valence-electron chi connectivity index (χ0n) is 8.69. The first-order valence-corrected chi connectivity index (χ1v) is 5.95. The molecule has 0 unspecified atom stereocenters. The van der Waals surface area contributed by atoms with Gasteiger partial charge in [0.25, 0.3) is 0 Å². The summed E-state index contributed by atoms with van der Waals surface area (Å²) in [4.78, 5) is 5.66. The van der Waals surface area contributed by atoms with Gasteiger partial charge >= 0.3 is 0 Å². The summed E-state index contributed by atoms with van der Waals surface area (Å²) in [5.74, 6) is 0. The van der Waals surface area contributed by atoms with E-state index in [-0.39, 0.29) is 0 Å². The molecular formula is C11H14N2S. The fourth-order valence-electron chi connectivity index (χ4n) is 1.54. The molecule has 0 saturated carbocycles. The van der Waals surface area contributed by atoms with Gasteiger partial charge in [0.15, 0.2) is 0 Å². The van der Waals surface area contributed by atoms with E-state index < -0.39 is 0 Å². The van der Waals surface area contributed by atoms with Crippen molar-refractivity contribution in [3.05, 3.63) is 24.5 Å². The summed E-state index contributed by atoms with van der Waals surface area (Å²) in [5.41, 5.74) is 2.31. The van der Waals surface area contributed by atoms with Crippen LogP contribution in [0.2, 0.25) is 0 Å². The Hall–Kier alpha value is -0.960. The third-order valence-electron chi connectivity index (χ3n) is 2.34. The fourth-order valence-corrected chi connectivity index (χ4v) is 1.98. The van der Waals surface area contributed by atoms with Crippen molar-refractivity contribution < 1.29 is 0 Å². The van der Waals surface area contributed by atoms with Crippen molar-refractivity contribution in [1.82, 2.24) is 9.55 Å².